The lowest BCUT2D eigenvalue weighted by atomic mass is 10.1. The zero-order chi connectivity index (χ0) is 12.1. The van der Waals surface area contributed by atoms with Crippen LogP contribution in [0.4, 0.5) is 0 Å². The third kappa shape index (κ3) is 2.97. The lowest BCUT2D eigenvalue weighted by molar-refractivity contribution is -0.134. The first kappa shape index (κ1) is 12.5. The van der Waals surface area contributed by atoms with Crippen LogP contribution in [0.2, 0.25) is 0 Å². The normalized spacial score (nSPS) is 11.2. The van der Waals surface area contributed by atoms with Crippen LogP contribution in [0.1, 0.15) is 12.5 Å². The van der Waals surface area contributed by atoms with Crippen LogP contribution >= 0.6 is 11.8 Å². The number of carboxylic acids is 1. The van der Waals surface area contributed by atoms with Gasteiger partial charge in [-0.15, -0.1) is 11.8 Å². The Morgan fingerprint density at radius 2 is 1.94 bits per heavy atom. The molecule has 4 heteroatoms. The maximum Gasteiger partial charge on any atom is 0.339 e. The average Bonchev–Trinajstić information content (AvgIpc) is 2.25. The maximum atomic E-state index is 11.1. The number of carbonyl (C=O) groups is 2. The monoisotopic (exact) mass is 236 g/mol. The molecule has 1 aromatic rings. The molecule has 3 nitrogen and oxygen atoms in total. The Kier molecular flexibility index (Phi) is 4.31. The Morgan fingerprint density at radius 3 is 2.44 bits per heavy atom. The molecule has 0 heterocycles. The molecule has 0 unspecified atom stereocenters. The molecule has 0 saturated heterocycles. The minimum Gasteiger partial charge on any atom is -0.478 e. The van der Waals surface area contributed by atoms with Gasteiger partial charge in [0.05, 0.1) is 0 Å². The molecule has 0 spiro atoms. The van der Waals surface area contributed by atoms with E-state index in [1.54, 1.807) is 6.07 Å². The molecule has 0 amide bonds. The highest BCUT2D eigenvalue weighted by atomic mass is 32.2. The molecule has 0 aliphatic rings. The first-order chi connectivity index (χ1) is 7.56. The van der Waals surface area contributed by atoms with E-state index < -0.39 is 11.8 Å². The van der Waals surface area contributed by atoms with E-state index in [-0.39, 0.29) is 5.57 Å². The van der Waals surface area contributed by atoms with Gasteiger partial charge < -0.3 is 5.11 Å². The van der Waals surface area contributed by atoms with Gasteiger partial charge in [-0.05, 0) is 30.9 Å². The zero-order valence-corrected chi connectivity index (χ0v) is 9.88. The fourth-order valence-corrected chi connectivity index (χ4v) is 1.83. The fourth-order valence-electron chi connectivity index (χ4n) is 1.26. The van der Waals surface area contributed by atoms with Gasteiger partial charge in [-0.3, -0.25) is 4.79 Å². The molecule has 0 atom stereocenters. The molecular weight excluding hydrogens is 224 g/mol. The molecule has 0 fully saturated rings. The van der Waals surface area contributed by atoms with Gasteiger partial charge in [-0.1, -0.05) is 18.2 Å². The lowest BCUT2D eigenvalue weighted by Crippen LogP contribution is -2.08. The Labute approximate surface area is 98.2 Å². The summed E-state index contributed by atoms with van der Waals surface area (Å²) in [4.78, 5) is 22.9. The van der Waals surface area contributed by atoms with Crippen LogP contribution in [0.15, 0.2) is 34.7 Å². The van der Waals surface area contributed by atoms with Crippen molar-refractivity contribution in [2.45, 2.75) is 11.8 Å². The van der Waals surface area contributed by atoms with E-state index >= 15 is 0 Å². The van der Waals surface area contributed by atoms with Crippen molar-refractivity contribution in [3.63, 3.8) is 0 Å². The van der Waals surface area contributed by atoms with Crippen LogP contribution < -0.4 is 0 Å². The molecule has 16 heavy (non-hydrogen) atoms. The number of hydrogen-bond donors (Lipinski definition) is 1. The molecule has 0 aliphatic carbocycles. The number of Topliss-reactive ketones (excluding diaryl/α,β-unsaturated/α-hetero) is 1. The molecule has 0 aliphatic heterocycles. The average molecular weight is 236 g/mol. The van der Waals surface area contributed by atoms with Crippen molar-refractivity contribution in [3.8, 4) is 0 Å². The summed E-state index contributed by atoms with van der Waals surface area (Å²) < 4.78 is 0. The minimum atomic E-state index is -1.19. The highest BCUT2D eigenvalue weighted by Gasteiger charge is 2.13. The lowest BCUT2D eigenvalue weighted by Gasteiger charge is -2.03. The van der Waals surface area contributed by atoms with Crippen LogP contribution in [0.3, 0.4) is 0 Å². The zero-order valence-electron chi connectivity index (χ0n) is 9.06. The summed E-state index contributed by atoms with van der Waals surface area (Å²) >= 11 is 1.51. The number of aliphatic carboxylic acids is 1. The van der Waals surface area contributed by atoms with E-state index in [2.05, 4.69) is 0 Å². The van der Waals surface area contributed by atoms with E-state index in [1.807, 2.05) is 24.5 Å². The minimum absolute atomic E-state index is 0.193. The molecule has 0 radical (unpaired) electrons. The third-order valence-corrected chi connectivity index (χ3v) is 2.86. The molecule has 0 bridgehead atoms. The summed E-state index contributed by atoms with van der Waals surface area (Å²) in [5, 5.41) is 8.87. The Morgan fingerprint density at radius 1 is 1.31 bits per heavy atom. The summed E-state index contributed by atoms with van der Waals surface area (Å²) in [6.45, 7) is 1.25. The van der Waals surface area contributed by atoms with Gasteiger partial charge in [0.15, 0.2) is 5.78 Å². The van der Waals surface area contributed by atoms with Crippen molar-refractivity contribution in [1.29, 1.82) is 0 Å². The first-order valence-corrected chi connectivity index (χ1v) is 5.87. The van der Waals surface area contributed by atoms with E-state index in [1.165, 1.54) is 24.8 Å². The Hall–Kier alpha value is -1.55. The maximum absolute atomic E-state index is 11.1. The van der Waals surface area contributed by atoms with Crippen molar-refractivity contribution in [2.75, 3.05) is 6.26 Å². The standard InChI is InChI=1S/C12H12O3S/c1-8(13)10(12(14)15)7-9-5-3-4-6-11(9)16-2/h3-7H,1-2H3,(H,14,15). The number of thioether (sulfide) groups is 1. The van der Waals surface area contributed by atoms with Crippen LogP contribution in [-0.2, 0) is 9.59 Å². The largest absolute Gasteiger partial charge is 0.478 e. The van der Waals surface area contributed by atoms with Crippen LogP contribution in [-0.4, -0.2) is 23.1 Å². The highest BCUT2D eigenvalue weighted by molar-refractivity contribution is 7.98. The van der Waals surface area contributed by atoms with Crippen molar-refractivity contribution < 1.29 is 14.7 Å². The second-order valence-corrected chi connectivity index (χ2v) is 4.01. The first-order valence-electron chi connectivity index (χ1n) is 4.65. The van der Waals surface area contributed by atoms with E-state index in [4.69, 9.17) is 5.11 Å². The van der Waals surface area contributed by atoms with Gasteiger partial charge in [0.25, 0.3) is 0 Å². The van der Waals surface area contributed by atoms with Crippen molar-refractivity contribution >= 4 is 29.6 Å². The molecule has 1 aromatic carbocycles. The molecule has 0 aromatic heterocycles. The van der Waals surface area contributed by atoms with Gasteiger partial charge in [0, 0.05) is 4.90 Å². The van der Waals surface area contributed by atoms with Gasteiger partial charge in [-0.2, -0.15) is 0 Å². The number of benzene rings is 1. The van der Waals surface area contributed by atoms with Crippen molar-refractivity contribution in [3.05, 3.63) is 35.4 Å². The molecule has 0 saturated carbocycles. The summed E-state index contributed by atoms with van der Waals surface area (Å²) in [6, 6.07) is 7.36. The van der Waals surface area contributed by atoms with Crippen LogP contribution in [0, 0.1) is 0 Å². The fraction of sp³-hybridized carbons (Fsp3) is 0.167. The Bertz CT molecular complexity index is 433. The molecular formula is C12H12O3S. The molecule has 84 valence electrons. The second-order valence-electron chi connectivity index (χ2n) is 3.16. The topological polar surface area (TPSA) is 54.4 Å². The number of rotatable bonds is 4. The van der Waals surface area contributed by atoms with E-state index in [0.717, 1.165) is 10.5 Å². The number of carboxylic acid groups (broad SMARTS) is 1. The van der Waals surface area contributed by atoms with Crippen molar-refractivity contribution in [1.82, 2.24) is 0 Å². The smallest absolute Gasteiger partial charge is 0.339 e. The summed E-state index contributed by atoms with van der Waals surface area (Å²) in [5.74, 6) is -1.63. The van der Waals surface area contributed by atoms with Crippen LogP contribution in [0.5, 0.6) is 0 Å². The predicted molar refractivity (Wildman–Crippen MR) is 64.5 cm³/mol. The second kappa shape index (κ2) is 5.51. The van der Waals surface area contributed by atoms with Gasteiger partial charge in [-0.25, -0.2) is 4.79 Å². The van der Waals surface area contributed by atoms with E-state index in [0.29, 0.717) is 0 Å². The number of hydrogen-bond acceptors (Lipinski definition) is 3. The number of ketones is 1. The van der Waals surface area contributed by atoms with Gasteiger partial charge >= 0.3 is 5.97 Å². The third-order valence-electron chi connectivity index (χ3n) is 2.05. The molecule has 1 rings (SSSR count). The predicted octanol–water partition coefficient (Wildman–Crippen LogP) is 2.47. The SMILES string of the molecule is CSc1ccccc1C=C(C(C)=O)C(=O)O. The summed E-state index contributed by atoms with van der Waals surface area (Å²) in [6.07, 6.45) is 3.32. The number of carbonyl (C=O) groups excluding carboxylic acids is 1. The quantitative estimate of drug-likeness (QED) is 0.377. The Balaban J connectivity index is 3.23. The summed E-state index contributed by atoms with van der Waals surface area (Å²) in [7, 11) is 0. The van der Waals surface area contributed by atoms with E-state index in [9.17, 15) is 9.59 Å². The van der Waals surface area contributed by atoms with Crippen LogP contribution in [0.25, 0.3) is 6.08 Å². The van der Waals surface area contributed by atoms with Crippen molar-refractivity contribution in [2.24, 2.45) is 0 Å². The molecule has 1 N–H and O–H groups in total. The summed E-state index contributed by atoms with van der Waals surface area (Å²) in [5.41, 5.74) is 0.559. The van der Waals surface area contributed by atoms with Gasteiger partial charge in [0.1, 0.15) is 5.57 Å². The highest BCUT2D eigenvalue weighted by Crippen LogP contribution is 2.22. The van der Waals surface area contributed by atoms with Gasteiger partial charge in [0.2, 0.25) is 0 Å².